The molecular weight excluding hydrogens is 296 g/mol. The van der Waals surface area contributed by atoms with Crippen molar-refractivity contribution in [1.82, 2.24) is 9.97 Å². The second kappa shape index (κ2) is 6.69. The van der Waals surface area contributed by atoms with Crippen LogP contribution in [0.4, 0.5) is 0 Å². The van der Waals surface area contributed by atoms with Crippen molar-refractivity contribution < 1.29 is 19.4 Å². The van der Waals surface area contributed by atoms with E-state index >= 15 is 0 Å². The molecule has 2 aromatic rings. The Kier molecular flexibility index (Phi) is 4.93. The van der Waals surface area contributed by atoms with Crippen LogP contribution in [0.3, 0.4) is 0 Å². The number of aliphatic hydroxyl groups excluding tert-OH is 1. The number of methoxy groups -OCH3 is 1. The highest BCUT2D eigenvalue weighted by atomic mass is 35.5. The molecule has 0 spiro atoms. The van der Waals surface area contributed by atoms with Crippen LogP contribution >= 0.6 is 11.6 Å². The van der Waals surface area contributed by atoms with Crippen LogP contribution in [0.2, 0.25) is 5.15 Å². The Morgan fingerprint density at radius 2 is 2.10 bits per heavy atom. The number of carbonyl (C=O) groups is 1. The zero-order valence-electron chi connectivity index (χ0n) is 11.7. The predicted molar refractivity (Wildman–Crippen MR) is 78.0 cm³/mol. The number of carbonyl (C=O) groups excluding carboxylic acids is 1. The minimum absolute atomic E-state index is 0.126. The van der Waals surface area contributed by atoms with Gasteiger partial charge < -0.3 is 14.6 Å². The third-order valence-corrected chi connectivity index (χ3v) is 3.15. The average Bonchev–Trinajstić information content (AvgIpc) is 2.46. The monoisotopic (exact) mass is 310 g/mol. The third kappa shape index (κ3) is 3.59. The topological polar surface area (TPSA) is 81.5 Å². The summed E-state index contributed by atoms with van der Waals surface area (Å²) in [6.07, 6.45) is 0.126. The molecule has 7 heteroatoms. The predicted octanol–water partition coefficient (Wildman–Crippen LogP) is 1.93. The quantitative estimate of drug-likeness (QED) is 0.821. The van der Waals surface area contributed by atoms with Gasteiger partial charge in [0.1, 0.15) is 17.6 Å². The molecule has 0 atom stereocenters. The molecule has 2 rings (SSSR count). The van der Waals surface area contributed by atoms with Crippen molar-refractivity contribution in [3.05, 3.63) is 23.1 Å². The first-order valence-corrected chi connectivity index (χ1v) is 6.70. The molecule has 0 radical (unpaired) electrons. The Morgan fingerprint density at radius 1 is 1.33 bits per heavy atom. The van der Waals surface area contributed by atoms with Crippen molar-refractivity contribution in [3.63, 3.8) is 0 Å². The molecule has 0 bridgehead atoms. The molecule has 0 saturated heterocycles. The van der Waals surface area contributed by atoms with Crippen molar-refractivity contribution in [1.29, 1.82) is 0 Å². The molecular formula is C14H15ClN2O4. The largest absolute Gasteiger partial charge is 0.493 e. The lowest BCUT2D eigenvalue weighted by Crippen LogP contribution is -2.10. The summed E-state index contributed by atoms with van der Waals surface area (Å²) in [5, 5.41) is 9.68. The van der Waals surface area contributed by atoms with Gasteiger partial charge in [0.15, 0.2) is 17.3 Å². The number of hydrogen-bond donors (Lipinski definition) is 1. The number of aliphatic hydroxyl groups is 1. The number of ketones is 1. The van der Waals surface area contributed by atoms with E-state index in [4.69, 9.17) is 26.2 Å². The summed E-state index contributed by atoms with van der Waals surface area (Å²) in [4.78, 5) is 19.4. The minimum Gasteiger partial charge on any atom is -0.493 e. The maximum Gasteiger partial charge on any atom is 0.163 e. The second-order valence-electron chi connectivity index (χ2n) is 4.38. The molecule has 0 aliphatic carbocycles. The van der Waals surface area contributed by atoms with Gasteiger partial charge in [-0.3, -0.25) is 4.79 Å². The summed E-state index contributed by atoms with van der Waals surface area (Å²) in [7, 11) is 1.51. The smallest absolute Gasteiger partial charge is 0.163 e. The zero-order valence-corrected chi connectivity index (χ0v) is 12.5. The number of benzene rings is 1. The maximum atomic E-state index is 11.1. The van der Waals surface area contributed by atoms with E-state index in [9.17, 15) is 4.79 Å². The van der Waals surface area contributed by atoms with E-state index in [1.165, 1.54) is 7.11 Å². The molecule has 0 aliphatic heterocycles. The van der Waals surface area contributed by atoms with Crippen LogP contribution in [0, 0.1) is 6.92 Å². The summed E-state index contributed by atoms with van der Waals surface area (Å²) in [6, 6.07) is 3.39. The zero-order chi connectivity index (χ0) is 15.4. The van der Waals surface area contributed by atoms with E-state index in [2.05, 4.69) is 9.97 Å². The molecule has 1 heterocycles. The van der Waals surface area contributed by atoms with E-state index in [0.29, 0.717) is 33.4 Å². The number of hydrogen-bond acceptors (Lipinski definition) is 6. The van der Waals surface area contributed by atoms with Gasteiger partial charge in [0.2, 0.25) is 0 Å². The number of aryl methyl sites for hydroxylation is 1. The Bertz CT molecular complexity index is 676. The molecule has 112 valence electrons. The number of fused-ring (bicyclic) bond motifs is 1. The lowest BCUT2D eigenvalue weighted by Gasteiger charge is -2.12. The number of Topliss-reactive ketones (excluding diaryl/α,β-unsaturated/α-hetero) is 1. The molecule has 1 N–H and O–H groups in total. The SMILES string of the molecule is COc1cc2c(Cl)nc(C)nc2cc1OCCC(=O)CO. The first kappa shape index (κ1) is 15.5. The van der Waals surface area contributed by atoms with Gasteiger partial charge in [0.25, 0.3) is 0 Å². The van der Waals surface area contributed by atoms with Crippen LogP contribution in [-0.4, -0.2) is 41.2 Å². The van der Waals surface area contributed by atoms with Gasteiger partial charge in [0.05, 0.1) is 19.2 Å². The maximum absolute atomic E-state index is 11.1. The number of rotatable bonds is 6. The van der Waals surface area contributed by atoms with Crippen LogP contribution in [0.25, 0.3) is 10.9 Å². The number of halogens is 1. The van der Waals surface area contributed by atoms with E-state index < -0.39 is 6.61 Å². The first-order chi connectivity index (χ1) is 10.0. The lowest BCUT2D eigenvalue weighted by molar-refractivity contribution is -0.122. The van der Waals surface area contributed by atoms with Gasteiger partial charge in [-0.15, -0.1) is 0 Å². The normalized spacial score (nSPS) is 10.7. The van der Waals surface area contributed by atoms with Gasteiger partial charge in [-0.05, 0) is 13.0 Å². The Balaban J connectivity index is 2.31. The van der Waals surface area contributed by atoms with Gasteiger partial charge in [0, 0.05) is 17.9 Å². The summed E-state index contributed by atoms with van der Waals surface area (Å²) < 4.78 is 10.8. The Morgan fingerprint density at radius 3 is 2.76 bits per heavy atom. The van der Waals surface area contributed by atoms with E-state index in [1.54, 1.807) is 19.1 Å². The van der Waals surface area contributed by atoms with Crippen molar-refractivity contribution in [2.24, 2.45) is 0 Å². The van der Waals surface area contributed by atoms with Gasteiger partial charge in [-0.1, -0.05) is 11.6 Å². The van der Waals surface area contributed by atoms with Gasteiger partial charge >= 0.3 is 0 Å². The van der Waals surface area contributed by atoms with Crippen molar-refractivity contribution in [2.45, 2.75) is 13.3 Å². The number of ether oxygens (including phenoxy) is 2. The molecule has 0 fully saturated rings. The lowest BCUT2D eigenvalue weighted by atomic mass is 10.2. The highest BCUT2D eigenvalue weighted by Crippen LogP contribution is 2.34. The molecule has 21 heavy (non-hydrogen) atoms. The van der Waals surface area contributed by atoms with Crippen molar-refractivity contribution in [2.75, 3.05) is 20.3 Å². The molecule has 0 amide bonds. The van der Waals surface area contributed by atoms with Crippen LogP contribution < -0.4 is 9.47 Å². The van der Waals surface area contributed by atoms with Crippen molar-refractivity contribution >= 4 is 28.3 Å². The molecule has 6 nitrogen and oxygen atoms in total. The van der Waals surface area contributed by atoms with Gasteiger partial charge in [-0.2, -0.15) is 0 Å². The minimum atomic E-state index is -0.486. The van der Waals surface area contributed by atoms with E-state index in [1.807, 2.05) is 0 Å². The molecule has 0 aliphatic rings. The van der Waals surface area contributed by atoms with Crippen molar-refractivity contribution in [3.8, 4) is 11.5 Å². The molecule has 0 saturated carbocycles. The molecule has 0 unspecified atom stereocenters. The fraction of sp³-hybridized carbons (Fsp3) is 0.357. The summed E-state index contributed by atoms with van der Waals surface area (Å²) >= 11 is 6.09. The summed E-state index contributed by atoms with van der Waals surface area (Å²) in [6.45, 7) is 1.41. The summed E-state index contributed by atoms with van der Waals surface area (Å²) in [5.74, 6) is 1.22. The highest BCUT2D eigenvalue weighted by Gasteiger charge is 2.12. The van der Waals surface area contributed by atoms with E-state index in [-0.39, 0.29) is 18.8 Å². The van der Waals surface area contributed by atoms with Crippen LogP contribution in [0.1, 0.15) is 12.2 Å². The molecule has 1 aromatic carbocycles. The average molecular weight is 311 g/mol. The highest BCUT2D eigenvalue weighted by molar-refractivity contribution is 6.34. The Labute approximate surface area is 126 Å². The standard InChI is InChI=1S/C14H15ClN2O4/c1-8-16-11-6-13(21-4-3-9(19)7-18)12(20-2)5-10(11)14(15)17-8/h5-6,18H,3-4,7H2,1-2H3. The fourth-order valence-corrected chi connectivity index (χ4v) is 2.11. The second-order valence-corrected chi connectivity index (χ2v) is 4.74. The van der Waals surface area contributed by atoms with E-state index in [0.717, 1.165) is 0 Å². The van der Waals surface area contributed by atoms with Crippen LogP contribution in [0.15, 0.2) is 12.1 Å². The van der Waals surface area contributed by atoms with Gasteiger partial charge in [-0.25, -0.2) is 9.97 Å². The first-order valence-electron chi connectivity index (χ1n) is 6.32. The number of aromatic nitrogens is 2. The number of nitrogens with zero attached hydrogens (tertiary/aromatic N) is 2. The fourth-order valence-electron chi connectivity index (χ4n) is 1.83. The Hall–Kier alpha value is -1.92. The van der Waals surface area contributed by atoms with Crippen LogP contribution in [0.5, 0.6) is 11.5 Å². The molecule has 1 aromatic heterocycles. The van der Waals surface area contributed by atoms with Crippen LogP contribution in [-0.2, 0) is 4.79 Å². The third-order valence-electron chi connectivity index (χ3n) is 2.86. The summed E-state index contributed by atoms with van der Waals surface area (Å²) in [5.41, 5.74) is 0.636.